The summed E-state index contributed by atoms with van der Waals surface area (Å²) in [4.78, 5) is 16.0. The Labute approximate surface area is 140 Å². The lowest BCUT2D eigenvalue weighted by Gasteiger charge is -2.42. The quantitative estimate of drug-likeness (QED) is 0.854. The predicted octanol–water partition coefficient (Wildman–Crippen LogP) is 1.38. The molecule has 1 saturated heterocycles. The van der Waals surface area contributed by atoms with Crippen LogP contribution in [0.4, 0.5) is 11.8 Å². The molecule has 1 atom stereocenters. The van der Waals surface area contributed by atoms with Crippen LogP contribution in [0.3, 0.4) is 0 Å². The van der Waals surface area contributed by atoms with Gasteiger partial charge in [-0.1, -0.05) is 13.8 Å². The third kappa shape index (κ3) is 4.54. The first-order valence-electron chi connectivity index (χ1n) is 8.53. The Morgan fingerprint density at radius 3 is 2.70 bits per heavy atom. The number of anilines is 2. The summed E-state index contributed by atoms with van der Waals surface area (Å²) >= 11 is 0. The molecule has 0 bridgehead atoms. The van der Waals surface area contributed by atoms with E-state index in [-0.39, 0.29) is 6.61 Å². The van der Waals surface area contributed by atoms with Gasteiger partial charge in [0.15, 0.2) is 0 Å². The van der Waals surface area contributed by atoms with Gasteiger partial charge in [-0.2, -0.15) is 4.98 Å². The topological polar surface area (TPSA) is 55.7 Å². The Bertz CT molecular complexity index is 506. The summed E-state index contributed by atoms with van der Waals surface area (Å²) in [6.45, 7) is 10.6. The van der Waals surface area contributed by atoms with Crippen molar-refractivity contribution in [3.05, 3.63) is 11.8 Å². The smallest absolute Gasteiger partial charge is 0.227 e. The maximum atomic E-state index is 9.40. The molecular formula is C17H31N5O. The molecule has 2 heterocycles. The van der Waals surface area contributed by atoms with E-state index < -0.39 is 0 Å². The second kappa shape index (κ2) is 7.93. The first-order valence-corrected chi connectivity index (χ1v) is 8.53. The highest BCUT2D eigenvalue weighted by molar-refractivity contribution is 5.48. The summed E-state index contributed by atoms with van der Waals surface area (Å²) in [5, 5.41) is 9.40. The highest BCUT2D eigenvalue weighted by Gasteiger charge is 2.28. The van der Waals surface area contributed by atoms with Crippen molar-refractivity contribution in [1.82, 2.24) is 14.9 Å². The number of aliphatic hydroxyl groups excluding tert-OH is 1. The van der Waals surface area contributed by atoms with Crippen LogP contribution in [0.25, 0.3) is 0 Å². The molecule has 0 aromatic carbocycles. The molecule has 1 aromatic heterocycles. The summed E-state index contributed by atoms with van der Waals surface area (Å²) in [7, 11) is 4.02. The maximum absolute atomic E-state index is 9.40. The molecule has 0 radical (unpaired) electrons. The highest BCUT2D eigenvalue weighted by Crippen LogP contribution is 2.22. The van der Waals surface area contributed by atoms with Gasteiger partial charge in [0.2, 0.25) is 5.95 Å². The molecular weight excluding hydrogens is 290 g/mol. The van der Waals surface area contributed by atoms with Crippen molar-refractivity contribution in [3.63, 3.8) is 0 Å². The molecule has 2 rings (SSSR count). The maximum Gasteiger partial charge on any atom is 0.227 e. The minimum atomic E-state index is 0.227. The summed E-state index contributed by atoms with van der Waals surface area (Å²) in [6.07, 6.45) is 2.70. The molecule has 0 aliphatic carbocycles. The number of rotatable bonds is 6. The lowest BCUT2D eigenvalue weighted by Crippen LogP contribution is -2.54. The molecule has 1 aliphatic heterocycles. The van der Waals surface area contributed by atoms with Crippen LogP contribution in [0.5, 0.6) is 0 Å². The first-order chi connectivity index (χ1) is 10.9. The van der Waals surface area contributed by atoms with Crippen molar-refractivity contribution < 1.29 is 5.11 Å². The molecule has 0 unspecified atom stereocenters. The second-order valence-electron chi connectivity index (χ2n) is 7.07. The van der Waals surface area contributed by atoms with Crippen LogP contribution < -0.4 is 9.80 Å². The SMILES string of the molecule is Cc1cnc(N2CCN(CC(C)C)[C@@H](CCO)C2)nc1N(C)C. The number of aliphatic hydroxyl groups is 1. The van der Waals surface area contributed by atoms with Gasteiger partial charge < -0.3 is 14.9 Å². The molecule has 6 nitrogen and oxygen atoms in total. The van der Waals surface area contributed by atoms with Crippen LogP contribution >= 0.6 is 0 Å². The number of nitrogens with zero attached hydrogens (tertiary/aromatic N) is 5. The zero-order valence-electron chi connectivity index (χ0n) is 15.2. The van der Waals surface area contributed by atoms with Crippen molar-refractivity contribution in [2.24, 2.45) is 5.92 Å². The minimum absolute atomic E-state index is 0.227. The molecule has 1 aromatic rings. The average Bonchev–Trinajstić information content (AvgIpc) is 2.49. The molecule has 23 heavy (non-hydrogen) atoms. The van der Waals surface area contributed by atoms with Gasteiger partial charge in [0.05, 0.1) is 0 Å². The van der Waals surface area contributed by atoms with Gasteiger partial charge >= 0.3 is 0 Å². The van der Waals surface area contributed by atoms with E-state index in [2.05, 4.69) is 28.6 Å². The lowest BCUT2D eigenvalue weighted by atomic mass is 10.1. The molecule has 1 N–H and O–H groups in total. The third-order valence-electron chi connectivity index (χ3n) is 4.31. The molecule has 0 spiro atoms. The predicted molar refractivity (Wildman–Crippen MR) is 95.2 cm³/mol. The van der Waals surface area contributed by atoms with Gasteiger partial charge in [0, 0.05) is 64.7 Å². The fourth-order valence-corrected chi connectivity index (χ4v) is 3.24. The number of hydrogen-bond acceptors (Lipinski definition) is 6. The summed E-state index contributed by atoms with van der Waals surface area (Å²) in [6, 6.07) is 0.365. The van der Waals surface area contributed by atoms with Crippen LogP contribution in [0.2, 0.25) is 0 Å². The largest absolute Gasteiger partial charge is 0.396 e. The summed E-state index contributed by atoms with van der Waals surface area (Å²) in [5.41, 5.74) is 1.09. The minimum Gasteiger partial charge on any atom is -0.396 e. The van der Waals surface area contributed by atoms with E-state index in [1.807, 2.05) is 32.1 Å². The van der Waals surface area contributed by atoms with E-state index in [0.717, 1.165) is 49.9 Å². The molecule has 6 heteroatoms. The fraction of sp³-hybridized carbons (Fsp3) is 0.765. The van der Waals surface area contributed by atoms with Gasteiger partial charge in [0.25, 0.3) is 0 Å². The Hall–Kier alpha value is -1.40. The van der Waals surface area contributed by atoms with Crippen molar-refractivity contribution in [2.45, 2.75) is 33.2 Å². The van der Waals surface area contributed by atoms with Gasteiger partial charge in [-0.25, -0.2) is 4.98 Å². The van der Waals surface area contributed by atoms with Gasteiger partial charge in [-0.15, -0.1) is 0 Å². The zero-order valence-corrected chi connectivity index (χ0v) is 15.2. The van der Waals surface area contributed by atoms with Crippen LogP contribution in [-0.2, 0) is 0 Å². The Morgan fingerprint density at radius 1 is 1.35 bits per heavy atom. The van der Waals surface area contributed by atoms with Crippen LogP contribution in [-0.4, -0.2) is 72.9 Å². The number of aromatic nitrogens is 2. The standard InChI is InChI=1S/C17H31N5O/c1-13(2)11-21-7-8-22(12-15(21)6-9-23)17-18-10-14(3)16(19-17)20(4)5/h10,13,15,23H,6-9,11-12H2,1-5H3/t15-/m0/s1. The Kier molecular flexibility index (Phi) is 6.18. The van der Waals surface area contributed by atoms with Crippen LogP contribution in [0, 0.1) is 12.8 Å². The van der Waals surface area contributed by atoms with Crippen molar-refractivity contribution in [2.75, 3.05) is 56.7 Å². The van der Waals surface area contributed by atoms with Gasteiger partial charge in [-0.3, -0.25) is 4.90 Å². The Balaban J connectivity index is 2.14. The lowest BCUT2D eigenvalue weighted by molar-refractivity contribution is 0.128. The van der Waals surface area contributed by atoms with E-state index in [1.165, 1.54) is 0 Å². The van der Waals surface area contributed by atoms with Crippen LogP contribution in [0.1, 0.15) is 25.8 Å². The molecule has 0 amide bonds. The normalized spacial score (nSPS) is 19.4. The average molecular weight is 321 g/mol. The van der Waals surface area contributed by atoms with E-state index in [1.54, 1.807) is 0 Å². The Morgan fingerprint density at radius 2 is 2.09 bits per heavy atom. The van der Waals surface area contributed by atoms with Crippen molar-refractivity contribution >= 4 is 11.8 Å². The number of hydrogen-bond donors (Lipinski definition) is 1. The third-order valence-corrected chi connectivity index (χ3v) is 4.31. The van der Waals surface area contributed by atoms with E-state index in [4.69, 9.17) is 4.98 Å². The first kappa shape index (κ1) is 17.9. The summed E-state index contributed by atoms with van der Waals surface area (Å²) in [5.74, 6) is 2.41. The van der Waals surface area contributed by atoms with Crippen LogP contribution in [0.15, 0.2) is 6.20 Å². The van der Waals surface area contributed by atoms with E-state index in [9.17, 15) is 5.11 Å². The zero-order chi connectivity index (χ0) is 17.0. The van der Waals surface area contributed by atoms with E-state index in [0.29, 0.717) is 12.0 Å². The van der Waals surface area contributed by atoms with Crippen molar-refractivity contribution in [1.29, 1.82) is 0 Å². The molecule has 0 saturated carbocycles. The van der Waals surface area contributed by atoms with Crippen molar-refractivity contribution in [3.8, 4) is 0 Å². The number of piperazine rings is 1. The highest BCUT2D eigenvalue weighted by atomic mass is 16.3. The fourth-order valence-electron chi connectivity index (χ4n) is 3.24. The monoisotopic (exact) mass is 321 g/mol. The molecule has 130 valence electrons. The number of aryl methyl sites for hydroxylation is 1. The van der Waals surface area contributed by atoms with E-state index >= 15 is 0 Å². The molecule has 1 fully saturated rings. The summed E-state index contributed by atoms with van der Waals surface area (Å²) < 4.78 is 0. The molecule has 1 aliphatic rings. The second-order valence-corrected chi connectivity index (χ2v) is 7.07. The van der Waals surface area contributed by atoms with Gasteiger partial charge in [0.1, 0.15) is 5.82 Å². The van der Waals surface area contributed by atoms with Gasteiger partial charge in [-0.05, 0) is 19.3 Å².